The number of hydrogen-bond donors (Lipinski definition) is 0. The Morgan fingerprint density at radius 2 is 0.465 bits per heavy atom. The van der Waals surface area contributed by atoms with E-state index in [2.05, 4.69) is 314 Å². The molecule has 0 bridgehead atoms. The maximum absolute atomic E-state index is 2.48. The summed E-state index contributed by atoms with van der Waals surface area (Å²) in [6.45, 7) is 0. The Bertz CT molecular complexity index is 5440. The van der Waals surface area contributed by atoms with Crippen LogP contribution in [0.2, 0.25) is 0 Å². The third-order valence-electron chi connectivity index (χ3n) is 19.1. The largest absolute Gasteiger partial charge is 0.342 e. The van der Waals surface area contributed by atoms with Gasteiger partial charge < -0.3 is 9.13 Å². The molecule has 18 aromatic rings. The Morgan fingerprint density at radius 3 is 0.826 bits per heavy atom. The van der Waals surface area contributed by atoms with Gasteiger partial charge in [-0.05, 0) is 154 Å². The lowest BCUT2D eigenvalue weighted by Crippen LogP contribution is -1.95. The third-order valence-corrected chi connectivity index (χ3v) is 19.1. The molecule has 2 heterocycles. The summed E-state index contributed by atoms with van der Waals surface area (Å²) in [7, 11) is 4.57. The van der Waals surface area contributed by atoms with Gasteiger partial charge in [0, 0.05) is 46.7 Å². The minimum absolute atomic E-state index is 1.20. The summed E-state index contributed by atoms with van der Waals surface area (Å²) in [6.07, 6.45) is 0. The van der Waals surface area contributed by atoms with Crippen molar-refractivity contribution in [2.24, 2.45) is 14.1 Å². The van der Waals surface area contributed by atoms with Crippen LogP contribution in [0.15, 0.2) is 291 Å². The number of aryl methyl sites for hydroxylation is 2. The van der Waals surface area contributed by atoms with Crippen molar-refractivity contribution in [1.29, 1.82) is 0 Å². The zero-order valence-corrected chi connectivity index (χ0v) is 47.6. The molecule has 2 heteroatoms. The standard InChI is InChI=1S/C84H54N2/c1-85-75-49-53(77-63-33-11-15-37-67(63)79(68-38-16-12-34-64(68)77)61-31-9-7-29-59(61)57-43-21-25-51-23-3-5-27-55(51)57)45-47-73(75)81-71-41-19-20-42-72(71)82-74-48-46-54(50-76(74)86(2)84(82)83(81)85)78-65-35-13-17-39-69(65)80(70-40-18-14-36-66(70)78)62-32-10-8-30-60(62)58-44-22-26-52-24-4-6-28-56(52)58/h3-50H,1-2H3. The Kier molecular flexibility index (Phi) is 10.6. The first-order valence-electron chi connectivity index (χ1n) is 29.9. The summed E-state index contributed by atoms with van der Waals surface area (Å²) in [5.41, 5.74) is 19.8. The van der Waals surface area contributed by atoms with E-state index in [4.69, 9.17) is 0 Å². The summed E-state index contributed by atoms with van der Waals surface area (Å²) in [5.74, 6) is 0. The Balaban J connectivity index is 0.842. The van der Waals surface area contributed by atoms with Crippen molar-refractivity contribution in [3.8, 4) is 66.8 Å². The van der Waals surface area contributed by atoms with E-state index in [9.17, 15) is 0 Å². The smallest absolute Gasteiger partial charge is 0.0742 e. The molecule has 0 atom stereocenters. The molecule has 0 N–H and O–H groups in total. The van der Waals surface area contributed by atoms with E-state index < -0.39 is 0 Å². The summed E-state index contributed by atoms with van der Waals surface area (Å²) in [4.78, 5) is 0. The zero-order valence-electron chi connectivity index (χ0n) is 47.6. The molecule has 2 aromatic heterocycles. The van der Waals surface area contributed by atoms with Gasteiger partial charge in [0.25, 0.3) is 0 Å². The minimum atomic E-state index is 1.20. The first kappa shape index (κ1) is 48.5. The number of rotatable bonds is 6. The van der Waals surface area contributed by atoms with Gasteiger partial charge in [-0.15, -0.1) is 0 Å². The molecular formula is C84H54N2. The monoisotopic (exact) mass is 1090 g/mol. The van der Waals surface area contributed by atoms with Gasteiger partial charge in [-0.1, -0.05) is 279 Å². The summed E-state index contributed by atoms with van der Waals surface area (Å²) < 4.78 is 4.97. The van der Waals surface area contributed by atoms with E-state index >= 15 is 0 Å². The van der Waals surface area contributed by atoms with Gasteiger partial charge in [-0.25, -0.2) is 0 Å². The predicted molar refractivity (Wildman–Crippen MR) is 370 cm³/mol. The molecular weight excluding hydrogens is 1040 g/mol. The van der Waals surface area contributed by atoms with Crippen LogP contribution < -0.4 is 0 Å². The van der Waals surface area contributed by atoms with Crippen LogP contribution in [-0.4, -0.2) is 9.13 Å². The van der Waals surface area contributed by atoms with Crippen LogP contribution in [0.1, 0.15) is 0 Å². The van der Waals surface area contributed by atoms with E-state index in [0.29, 0.717) is 0 Å². The van der Waals surface area contributed by atoms with Crippen molar-refractivity contribution in [3.05, 3.63) is 291 Å². The molecule has 0 amide bonds. The Labute approximate surface area is 497 Å². The number of benzene rings is 16. The quantitative estimate of drug-likeness (QED) is 0.147. The van der Waals surface area contributed by atoms with Crippen LogP contribution in [0, 0.1) is 0 Å². The highest BCUT2D eigenvalue weighted by molar-refractivity contribution is 6.36. The van der Waals surface area contributed by atoms with Crippen LogP contribution in [0.4, 0.5) is 0 Å². The molecule has 2 nitrogen and oxygen atoms in total. The second-order valence-electron chi connectivity index (χ2n) is 23.4. The topological polar surface area (TPSA) is 9.86 Å². The van der Waals surface area contributed by atoms with Gasteiger partial charge >= 0.3 is 0 Å². The molecule has 18 rings (SSSR count). The molecule has 0 unspecified atom stereocenters. The maximum atomic E-state index is 2.48. The molecule has 86 heavy (non-hydrogen) atoms. The SMILES string of the molecule is Cn1c2cc(-c3c4ccccc4c(-c4ccccc4-c4cccc5ccccc45)c4ccccc34)ccc2c2c3ccccc3c3c4ccc(-c5c6ccccc6c(-c6ccccc6-c6cccc7ccccc67)c6ccccc56)cc4n(C)c3c21. The van der Waals surface area contributed by atoms with Gasteiger partial charge in [0.05, 0.1) is 11.0 Å². The molecule has 16 aromatic carbocycles. The Hall–Kier alpha value is -11.1. The molecule has 400 valence electrons. The van der Waals surface area contributed by atoms with Crippen LogP contribution in [-0.2, 0) is 14.1 Å². The van der Waals surface area contributed by atoms with Crippen molar-refractivity contribution >= 4 is 119 Å². The van der Waals surface area contributed by atoms with Gasteiger partial charge in [0.15, 0.2) is 0 Å². The van der Waals surface area contributed by atoms with Crippen molar-refractivity contribution in [3.63, 3.8) is 0 Å². The summed E-state index contributed by atoms with van der Waals surface area (Å²) in [6, 6.07) is 109. The molecule has 0 saturated carbocycles. The fourth-order valence-corrected chi connectivity index (χ4v) is 15.5. The lowest BCUT2D eigenvalue weighted by atomic mass is 9.83. The molecule has 0 aliphatic heterocycles. The van der Waals surface area contributed by atoms with Crippen molar-refractivity contribution in [1.82, 2.24) is 9.13 Å². The van der Waals surface area contributed by atoms with E-state index in [1.54, 1.807) is 0 Å². The third kappa shape index (κ3) is 6.90. The first-order valence-corrected chi connectivity index (χ1v) is 29.9. The van der Waals surface area contributed by atoms with E-state index in [1.807, 2.05) is 0 Å². The van der Waals surface area contributed by atoms with E-state index in [1.165, 1.54) is 186 Å². The van der Waals surface area contributed by atoms with Crippen LogP contribution >= 0.6 is 0 Å². The fourth-order valence-electron chi connectivity index (χ4n) is 15.5. The number of hydrogen-bond acceptors (Lipinski definition) is 0. The van der Waals surface area contributed by atoms with Crippen molar-refractivity contribution in [2.45, 2.75) is 0 Å². The lowest BCUT2D eigenvalue weighted by molar-refractivity contribution is 0.987. The number of fused-ring (bicyclic) bond motifs is 16. The van der Waals surface area contributed by atoms with Crippen LogP contribution in [0.25, 0.3) is 186 Å². The van der Waals surface area contributed by atoms with Crippen molar-refractivity contribution in [2.75, 3.05) is 0 Å². The first-order chi connectivity index (χ1) is 42.6. The molecule has 0 saturated heterocycles. The van der Waals surface area contributed by atoms with Crippen LogP contribution in [0.5, 0.6) is 0 Å². The molecule has 0 spiro atoms. The van der Waals surface area contributed by atoms with Gasteiger partial charge in [0.1, 0.15) is 0 Å². The average molecular weight is 1090 g/mol. The average Bonchev–Trinajstić information content (AvgIpc) is 1.50. The molecule has 0 fully saturated rings. The highest BCUT2D eigenvalue weighted by Crippen LogP contribution is 2.52. The van der Waals surface area contributed by atoms with E-state index in [-0.39, 0.29) is 0 Å². The van der Waals surface area contributed by atoms with Crippen LogP contribution in [0.3, 0.4) is 0 Å². The second kappa shape index (κ2) is 18.7. The van der Waals surface area contributed by atoms with E-state index in [0.717, 1.165) is 0 Å². The zero-order chi connectivity index (χ0) is 56.7. The number of aromatic nitrogens is 2. The predicted octanol–water partition coefficient (Wildman–Crippen LogP) is 23.1. The highest BCUT2D eigenvalue weighted by atomic mass is 15.0. The Morgan fingerprint density at radius 1 is 0.198 bits per heavy atom. The number of nitrogens with zero attached hydrogens (tertiary/aromatic N) is 2. The molecule has 0 aliphatic rings. The summed E-state index contributed by atoms with van der Waals surface area (Å²) >= 11 is 0. The maximum Gasteiger partial charge on any atom is 0.0742 e. The van der Waals surface area contributed by atoms with Gasteiger partial charge in [0.2, 0.25) is 0 Å². The normalized spacial score (nSPS) is 12.1. The minimum Gasteiger partial charge on any atom is -0.342 e. The summed E-state index contributed by atoms with van der Waals surface area (Å²) in [5, 5.41) is 22.6. The molecule has 0 aliphatic carbocycles. The fraction of sp³-hybridized carbons (Fsp3) is 0.0238. The molecule has 0 radical (unpaired) electrons. The lowest BCUT2D eigenvalue weighted by Gasteiger charge is -2.20. The van der Waals surface area contributed by atoms with Gasteiger partial charge in [-0.2, -0.15) is 0 Å². The van der Waals surface area contributed by atoms with Crippen molar-refractivity contribution < 1.29 is 0 Å². The highest BCUT2D eigenvalue weighted by Gasteiger charge is 2.26. The second-order valence-corrected chi connectivity index (χ2v) is 23.4. The van der Waals surface area contributed by atoms with Gasteiger partial charge in [-0.3, -0.25) is 0 Å².